The number of hydrogen-bond acceptors (Lipinski definition) is 5. The third-order valence-electron chi connectivity index (χ3n) is 4.90. The van der Waals surface area contributed by atoms with Crippen LogP contribution in [0.1, 0.15) is 36.5 Å². The highest BCUT2D eigenvalue weighted by molar-refractivity contribution is 6.45. The van der Waals surface area contributed by atoms with Gasteiger partial charge >= 0.3 is 0 Å². The topological polar surface area (TPSA) is 84.5 Å². The summed E-state index contributed by atoms with van der Waals surface area (Å²) in [4.78, 5) is 34.7. The number of likely N-dealkylation sites (tertiary alicyclic amines) is 1. The third kappa shape index (κ3) is 2.94. The van der Waals surface area contributed by atoms with Crippen LogP contribution in [0.5, 0.6) is 11.6 Å². The van der Waals surface area contributed by atoms with Crippen molar-refractivity contribution in [1.82, 2.24) is 14.9 Å². The van der Waals surface area contributed by atoms with Crippen LogP contribution in [0.15, 0.2) is 24.5 Å². The first-order chi connectivity index (χ1) is 12.5. The summed E-state index contributed by atoms with van der Waals surface area (Å²) in [6, 6.07) is 0.0102. The SMILES string of the molecule is C=C1CCN(C(=O)C(=O)c2c[nH]c3c(OC)ncc(OC)c23)C(CC)C1. The predicted molar refractivity (Wildman–Crippen MR) is 97.7 cm³/mol. The lowest BCUT2D eigenvalue weighted by atomic mass is 9.95. The Labute approximate surface area is 152 Å². The van der Waals surface area contributed by atoms with Gasteiger partial charge in [0.15, 0.2) is 0 Å². The van der Waals surface area contributed by atoms with Gasteiger partial charge in [0.05, 0.1) is 31.4 Å². The summed E-state index contributed by atoms with van der Waals surface area (Å²) in [5, 5.41) is 0.507. The van der Waals surface area contributed by atoms with E-state index in [9.17, 15) is 9.59 Å². The molecule has 0 spiro atoms. The molecular formula is C19H23N3O4. The Kier molecular flexibility index (Phi) is 4.97. The molecule has 1 fully saturated rings. The number of rotatable bonds is 5. The number of nitrogens with zero attached hydrogens (tertiary/aromatic N) is 2. The Bertz CT molecular complexity index is 871. The molecule has 2 aromatic rings. The van der Waals surface area contributed by atoms with E-state index >= 15 is 0 Å². The number of hydrogen-bond donors (Lipinski definition) is 1. The van der Waals surface area contributed by atoms with Gasteiger partial charge in [0.1, 0.15) is 11.3 Å². The third-order valence-corrected chi connectivity index (χ3v) is 4.90. The number of aromatic amines is 1. The van der Waals surface area contributed by atoms with E-state index in [-0.39, 0.29) is 11.6 Å². The van der Waals surface area contributed by atoms with Crippen LogP contribution in [0.25, 0.3) is 10.9 Å². The highest BCUT2D eigenvalue weighted by Gasteiger charge is 2.33. The number of aromatic nitrogens is 2. The van der Waals surface area contributed by atoms with Crippen molar-refractivity contribution < 1.29 is 19.1 Å². The first kappa shape index (κ1) is 18.0. The van der Waals surface area contributed by atoms with E-state index < -0.39 is 11.7 Å². The summed E-state index contributed by atoms with van der Waals surface area (Å²) in [5.74, 6) is -0.304. The first-order valence-corrected chi connectivity index (χ1v) is 8.61. The summed E-state index contributed by atoms with van der Waals surface area (Å²) in [6.45, 7) is 6.55. The van der Waals surface area contributed by atoms with Crippen molar-refractivity contribution in [2.45, 2.75) is 32.2 Å². The highest BCUT2D eigenvalue weighted by Crippen LogP contribution is 2.34. The molecule has 26 heavy (non-hydrogen) atoms. The normalized spacial score (nSPS) is 17.4. The molecule has 0 saturated carbocycles. The molecule has 2 aromatic heterocycles. The summed E-state index contributed by atoms with van der Waals surface area (Å²) >= 11 is 0. The molecule has 7 nitrogen and oxygen atoms in total. The lowest BCUT2D eigenvalue weighted by Crippen LogP contribution is -2.47. The van der Waals surface area contributed by atoms with Crippen LogP contribution in [-0.4, -0.2) is 53.4 Å². The fourth-order valence-corrected chi connectivity index (χ4v) is 3.47. The van der Waals surface area contributed by atoms with Gasteiger partial charge in [-0.3, -0.25) is 9.59 Å². The monoisotopic (exact) mass is 357 g/mol. The number of H-pyrrole nitrogens is 1. The average Bonchev–Trinajstić information content (AvgIpc) is 3.11. The number of carbonyl (C=O) groups is 2. The van der Waals surface area contributed by atoms with Gasteiger partial charge in [0, 0.05) is 18.8 Å². The van der Waals surface area contributed by atoms with E-state index in [0.717, 1.165) is 24.8 Å². The molecule has 3 heterocycles. The van der Waals surface area contributed by atoms with Crippen LogP contribution in [-0.2, 0) is 4.79 Å². The molecule has 7 heteroatoms. The van der Waals surface area contributed by atoms with E-state index in [4.69, 9.17) is 9.47 Å². The number of ketones is 1. The molecular weight excluding hydrogens is 334 g/mol. The van der Waals surface area contributed by atoms with Crippen molar-refractivity contribution in [3.05, 3.63) is 30.1 Å². The molecule has 0 aliphatic carbocycles. The summed E-state index contributed by atoms with van der Waals surface area (Å²) in [6.07, 6.45) is 5.25. The second kappa shape index (κ2) is 7.19. The number of fused-ring (bicyclic) bond motifs is 1. The van der Waals surface area contributed by atoms with Gasteiger partial charge < -0.3 is 19.4 Å². The van der Waals surface area contributed by atoms with Crippen LogP contribution in [0.4, 0.5) is 0 Å². The fourth-order valence-electron chi connectivity index (χ4n) is 3.47. The zero-order valence-corrected chi connectivity index (χ0v) is 15.3. The van der Waals surface area contributed by atoms with E-state index in [1.807, 2.05) is 6.92 Å². The second-order valence-electron chi connectivity index (χ2n) is 6.38. The number of pyridine rings is 1. The van der Waals surface area contributed by atoms with E-state index in [2.05, 4.69) is 16.5 Å². The first-order valence-electron chi connectivity index (χ1n) is 8.61. The molecule has 1 atom stereocenters. The molecule has 1 unspecified atom stereocenters. The standard InChI is InChI=1S/C19H23N3O4/c1-5-12-8-11(2)6-7-22(12)19(24)17(23)13-9-20-16-15(13)14(25-3)10-21-18(16)26-4/h9-10,12,20H,2,5-8H2,1,3-4H3. The molecule has 1 aliphatic heterocycles. The van der Waals surface area contributed by atoms with Gasteiger partial charge in [-0.25, -0.2) is 4.98 Å². The van der Waals surface area contributed by atoms with Crippen molar-refractivity contribution in [2.24, 2.45) is 0 Å². The largest absolute Gasteiger partial charge is 0.494 e. The Balaban J connectivity index is 1.99. The Morgan fingerprint density at radius 2 is 2.15 bits per heavy atom. The van der Waals surface area contributed by atoms with Gasteiger partial charge in [0.25, 0.3) is 11.7 Å². The minimum absolute atomic E-state index is 0.0102. The van der Waals surface area contributed by atoms with Crippen LogP contribution in [0.2, 0.25) is 0 Å². The van der Waals surface area contributed by atoms with E-state index in [1.54, 1.807) is 4.90 Å². The molecule has 1 amide bonds. The highest BCUT2D eigenvalue weighted by atomic mass is 16.5. The van der Waals surface area contributed by atoms with Gasteiger partial charge in [-0.05, 0) is 19.3 Å². The lowest BCUT2D eigenvalue weighted by Gasteiger charge is -2.35. The lowest BCUT2D eigenvalue weighted by molar-refractivity contribution is -0.129. The quantitative estimate of drug-likeness (QED) is 0.505. The van der Waals surface area contributed by atoms with Crippen molar-refractivity contribution in [2.75, 3.05) is 20.8 Å². The molecule has 1 saturated heterocycles. The molecule has 1 N–H and O–H groups in total. The van der Waals surface area contributed by atoms with Gasteiger partial charge in [-0.15, -0.1) is 0 Å². The molecule has 0 radical (unpaired) electrons. The van der Waals surface area contributed by atoms with Crippen molar-refractivity contribution in [3.8, 4) is 11.6 Å². The average molecular weight is 357 g/mol. The summed E-state index contributed by atoms with van der Waals surface area (Å²) < 4.78 is 10.6. The van der Waals surface area contributed by atoms with Crippen LogP contribution in [0.3, 0.4) is 0 Å². The van der Waals surface area contributed by atoms with E-state index in [1.165, 1.54) is 26.6 Å². The molecule has 1 aliphatic rings. The van der Waals surface area contributed by atoms with Crippen LogP contribution >= 0.6 is 0 Å². The number of ether oxygens (including phenoxy) is 2. The molecule has 138 valence electrons. The maximum atomic E-state index is 13.0. The summed E-state index contributed by atoms with van der Waals surface area (Å²) in [5.41, 5.74) is 1.92. The summed E-state index contributed by atoms with van der Waals surface area (Å²) in [7, 11) is 2.99. The van der Waals surface area contributed by atoms with E-state index in [0.29, 0.717) is 29.1 Å². The number of methoxy groups -OCH3 is 2. The van der Waals surface area contributed by atoms with Crippen molar-refractivity contribution in [3.63, 3.8) is 0 Å². The number of amides is 1. The zero-order valence-electron chi connectivity index (χ0n) is 15.3. The van der Waals surface area contributed by atoms with Crippen molar-refractivity contribution in [1.29, 1.82) is 0 Å². The molecule has 0 aromatic carbocycles. The Morgan fingerprint density at radius 3 is 2.81 bits per heavy atom. The van der Waals surface area contributed by atoms with Crippen LogP contribution < -0.4 is 9.47 Å². The zero-order chi connectivity index (χ0) is 18.8. The Hall–Kier alpha value is -2.83. The molecule has 3 rings (SSSR count). The number of nitrogens with one attached hydrogen (secondary N) is 1. The second-order valence-corrected chi connectivity index (χ2v) is 6.38. The van der Waals surface area contributed by atoms with Gasteiger partial charge in [-0.1, -0.05) is 19.1 Å². The maximum absolute atomic E-state index is 13.0. The predicted octanol–water partition coefficient (Wildman–Crippen LogP) is 2.72. The van der Waals surface area contributed by atoms with Gasteiger partial charge in [-0.2, -0.15) is 0 Å². The Morgan fingerprint density at radius 1 is 1.38 bits per heavy atom. The number of piperidine rings is 1. The van der Waals surface area contributed by atoms with Crippen molar-refractivity contribution >= 4 is 22.6 Å². The fraction of sp³-hybridized carbons (Fsp3) is 0.421. The smallest absolute Gasteiger partial charge is 0.295 e. The minimum atomic E-state index is -0.561. The van der Waals surface area contributed by atoms with Crippen LogP contribution in [0, 0.1) is 0 Å². The van der Waals surface area contributed by atoms with Gasteiger partial charge in [0.2, 0.25) is 5.88 Å². The maximum Gasteiger partial charge on any atom is 0.295 e. The number of carbonyl (C=O) groups excluding carboxylic acids is 2. The molecule has 0 bridgehead atoms. The minimum Gasteiger partial charge on any atom is -0.494 e. The number of Topliss-reactive ketones (excluding diaryl/α,β-unsaturated/α-hetero) is 1.